The molecule has 0 aliphatic carbocycles. The van der Waals surface area contributed by atoms with Crippen LogP contribution in [0, 0.1) is 19.3 Å². The molecule has 1 N–H and O–H groups in total. The van der Waals surface area contributed by atoms with Crippen molar-refractivity contribution in [1.29, 1.82) is 0 Å². The van der Waals surface area contributed by atoms with Gasteiger partial charge in [-0.05, 0) is 95.0 Å². The minimum Gasteiger partial charge on any atom is -0.475 e. The maximum atomic E-state index is 14.2. The third-order valence-corrected chi connectivity index (χ3v) is 8.12. The van der Waals surface area contributed by atoms with E-state index in [1.165, 1.54) is 11.9 Å². The molecule has 41 heavy (non-hydrogen) atoms. The molecule has 7 nitrogen and oxygen atoms in total. The summed E-state index contributed by atoms with van der Waals surface area (Å²) >= 11 is 4.83. The predicted octanol–water partition coefficient (Wildman–Crippen LogP) is 7.88. The van der Waals surface area contributed by atoms with E-state index in [2.05, 4.69) is 72.4 Å². The summed E-state index contributed by atoms with van der Waals surface area (Å²) in [5.41, 5.74) is 5.45. The number of amides is 1. The van der Waals surface area contributed by atoms with Crippen molar-refractivity contribution in [2.75, 3.05) is 11.3 Å². The molecule has 1 aliphatic heterocycles. The van der Waals surface area contributed by atoms with Gasteiger partial charge in [-0.1, -0.05) is 45.0 Å². The molecule has 0 saturated heterocycles. The lowest BCUT2D eigenvalue weighted by Crippen LogP contribution is -2.45. The number of carbonyl (C=O) groups is 1. The molecule has 0 saturated carbocycles. The van der Waals surface area contributed by atoms with Crippen LogP contribution in [0.15, 0.2) is 76.2 Å². The van der Waals surface area contributed by atoms with Gasteiger partial charge < -0.3 is 9.64 Å². The van der Waals surface area contributed by atoms with Gasteiger partial charge in [0.2, 0.25) is 11.8 Å². The van der Waals surface area contributed by atoms with Crippen molar-refractivity contribution in [3.63, 3.8) is 0 Å². The van der Waals surface area contributed by atoms with E-state index < -0.39 is 0 Å². The van der Waals surface area contributed by atoms with E-state index >= 15 is 0 Å². The Hall–Kier alpha value is -3.43. The second-order valence-corrected chi connectivity index (χ2v) is 13.3. The highest BCUT2D eigenvalue weighted by molar-refractivity contribution is 9.10. The molecule has 0 radical (unpaired) electrons. The number of ether oxygens (including phenoxy) is 1. The van der Waals surface area contributed by atoms with E-state index in [1.807, 2.05) is 53.4 Å². The maximum Gasteiger partial charge on any atom is 0.254 e. The molecule has 2 aromatic carbocycles. The van der Waals surface area contributed by atoms with Crippen LogP contribution in [0.2, 0.25) is 0 Å². The number of aromatic nitrogens is 3. The summed E-state index contributed by atoms with van der Waals surface area (Å²) in [6.07, 6.45) is 2.49. The number of aryl methyl sites for hydroxylation is 2. The number of pyridine rings is 1. The fraction of sp³-hybridized carbons (Fsp3) is 0.312. The number of benzene rings is 2. The Balaban J connectivity index is 1.60. The van der Waals surface area contributed by atoms with Crippen LogP contribution in [0.25, 0.3) is 11.3 Å². The third-order valence-electron chi connectivity index (χ3n) is 6.88. The number of hydrogen-bond acceptors (Lipinski definition) is 7. The molecule has 3 heterocycles. The minimum absolute atomic E-state index is 0.0623. The Kier molecular flexibility index (Phi) is 8.66. The van der Waals surface area contributed by atoms with Gasteiger partial charge in [-0.25, -0.2) is 4.98 Å². The number of halogens is 1. The number of nitrogens with one attached hydrogen (secondary N) is 1. The third kappa shape index (κ3) is 7.26. The van der Waals surface area contributed by atoms with E-state index in [9.17, 15) is 4.79 Å². The molecule has 9 heteroatoms. The molecule has 1 atom stereocenters. The van der Waals surface area contributed by atoms with Gasteiger partial charge >= 0.3 is 0 Å². The van der Waals surface area contributed by atoms with Gasteiger partial charge in [0, 0.05) is 32.8 Å². The largest absolute Gasteiger partial charge is 0.475 e. The van der Waals surface area contributed by atoms with Crippen molar-refractivity contribution < 1.29 is 9.53 Å². The Morgan fingerprint density at radius 1 is 1.05 bits per heavy atom. The summed E-state index contributed by atoms with van der Waals surface area (Å²) < 4.78 is 10.6. The van der Waals surface area contributed by atoms with Gasteiger partial charge in [0.05, 0.1) is 24.0 Å². The van der Waals surface area contributed by atoms with Gasteiger partial charge in [-0.2, -0.15) is 4.98 Å². The molecule has 0 unspecified atom stereocenters. The molecule has 4 aromatic rings. The molecular formula is C32H34BrN5O2S. The monoisotopic (exact) mass is 631 g/mol. The van der Waals surface area contributed by atoms with Crippen molar-refractivity contribution >= 4 is 39.7 Å². The summed E-state index contributed by atoms with van der Waals surface area (Å²) in [7, 11) is 0. The number of hydrogen-bond donors (Lipinski definition) is 1. The van der Waals surface area contributed by atoms with Crippen LogP contribution in [-0.4, -0.2) is 38.4 Å². The SMILES string of the molecule is Cc1cccc(C)c1-c1cc2nc(n1)NSc1cccc(c1)C(=O)N(Cc1ccc(Br)cn1)[C@H](CC(C)(C)C)CO2. The minimum atomic E-state index is -0.236. The Bertz CT molecular complexity index is 1530. The maximum absolute atomic E-state index is 14.2. The summed E-state index contributed by atoms with van der Waals surface area (Å²) in [4.78, 5) is 31.1. The van der Waals surface area contributed by atoms with Crippen molar-refractivity contribution in [3.05, 3.63) is 93.7 Å². The van der Waals surface area contributed by atoms with Crippen LogP contribution >= 0.6 is 27.9 Å². The lowest BCUT2D eigenvalue weighted by molar-refractivity contribution is 0.0509. The van der Waals surface area contributed by atoms with Crippen LogP contribution in [0.4, 0.5) is 5.95 Å². The lowest BCUT2D eigenvalue weighted by atomic mass is 9.87. The van der Waals surface area contributed by atoms with E-state index in [4.69, 9.17) is 14.7 Å². The van der Waals surface area contributed by atoms with E-state index in [-0.39, 0.29) is 24.0 Å². The molecular weight excluding hydrogens is 598 g/mol. The van der Waals surface area contributed by atoms with E-state index in [1.54, 1.807) is 6.20 Å². The van der Waals surface area contributed by atoms with Crippen LogP contribution in [0.1, 0.15) is 54.4 Å². The zero-order chi connectivity index (χ0) is 29.1. The molecule has 2 aromatic heterocycles. The van der Waals surface area contributed by atoms with Crippen molar-refractivity contribution in [1.82, 2.24) is 19.9 Å². The highest BCUT2D eigenvalue weighted by Gasteiger charge is 2.31. The fourth-order valence-corrected chi connectivity index (χ4v) is 5.91. The van der Waals surface area contributed by atoms with Crippen molar-refractivity contribution in [2.24, 2.45) is 5.41 Å². The standard InChI is InChI=1S/C32H34BrN5O2S/c1-20-8-6-9-21(2)29(20)27-15-28-36-31(35-27)37-41-26-11-7-10-22(14-26)30(39)38(18-24-13-12-23(33)17-34-24)25(19-40-28)16-32(3,4)5/h6-15,17,25H,16,18-19H2,1-5H3,(H,35,36,37)/t25-/m1/s1. The Morgan fingerprint density at radius 2 is 1.80 bits per heavy atom. The molecule has 0 fully saturated rings. The van der Waals surface area contributed by atoms with Gasteiger partial charge in [0.25, 0.3) is 5.91 Å². The average Bonchev–Trinajstić information content (AvgIpc) is 2.93. The first-order chi connectivity index (χ1) is 19.6. The first-order valence-electron chi connectivity index (χ1n) is 13.6. The number of anilines is 1. The van der Waals surface area contributed by atoms with Gasteiger partial charge in [-0.3, -0.25) is 14.5 Å². The fourth-order valence-electron chi connectivity index (χ4n) is 5.04. The second kappa shape index (κ2) is 12.2. The first kappa shape index (κ1) is 29.1. The Labute approximate surface area is 254 Å². The predicted molar refractivity (Wildman–Crippen MR) is 168 cm³/mol. The molecule has 0 spiro atoms. The highest BCUT2D eigenvalue weighted by Crippen LogP contribution is 2.32. The molecule has 4 bridgehead atoms. The molecule has 1 aliphatic rings. The normalized spacial score (nSPS) is 15.7. The van der Waals surface area contributed by atoms with Gasteiger partial charge in [0.1, 0.15) is 6.61 Å². The number of nitrogens with zero attached hydrogens (tertiary/aromatic N) is 4. The lowest BCUT2D eigenvalue weighted by Gasteiger charge is -2.35. The van der Waals surface area contributed by atoms with Crippen LogP contribution < -0.4 is 9.46 Å². The van der Waals surface area contributed by atoms with E-state index in [0.29, 0.717) is 23.9 Å². The smallest absolute Gasteiger partial charge is 0.254 e. The van der Waals surface area contributed by atoms with Crippen molar-refractivity contribution in [3.8, 4) is 17.1 Å². The van der Waals surface area contributed by atoms with Gasteiger partial charge in [0.15, 0.2) is 0 Å². The zero-order valence-corrected chi connectivity index (χ0v) is 26.3. The number of fused-ring (bicyclic) bond motifs is 4. The first-order valence-corrected chi connectivity index (χ1v) is 15.2. The topological polar surface area (TPSA) is 80.2 Å². The average molecular weight is 633 g/mol. The quantitative estimate of drug-likeness (QED) is 0.229. The van der Waals surface area contributed by atoms with Crippen LogP contribution in [-0.2, 0) is 6.54 Å². The highest BCUT2D eigenvalue weighted by atomic mass is 79.9. The second-order valence-electron chi connectivity index (χ2n) is 11.5. The zero-order valence-electron chi connectivity index (χ0n) is 23.9. The summed E-state index contributed by atoms with van der Waals surface area (Å²) in [5.74, 6) is 0.840. The summed E-state index contributed by atoms with van der Waals surface area (Å²) in [5, 5.41) is 0. The van der Waals surface area contributed by atoms with Crippen molar-refractivity contribution in [2.45, 2.75) is 58.5 Å². The van der Waals surface area contributed by atoms with Gasteiger partial charge in [-0.15, -0.1) is 0 Å². The number of rotatable bonds is 4. The summed E-state index contributed by atoms with van der Waals surface area (Å²) in [6, 6.07) is 19.4. The van der Waals surface area contributed by atoms with E-state index in [0.717, 1.165) is 43.9 Å². The molecule has 1 amide bonds. The molecule has 212 valence electrons. The number of carbonyl (C=O) groups excluding carboxylic acids is 1. The summed E-state index contributed by atoms with van der Waals surface area (Å²) in [6.45, 7) is 11.3. The molecule has 5 rings (SSSR count). The van der Waals surface area contributed by atoms with Crippen LogP contribution in [0.3, 0.4) is 0 Å². The Morgan fingerprint density at radius 3 is 2.51 bits per heavy atom. The van der Waals surface area contributed by atoms with Crippen LogP contribution in [0.5, 0.6) is 5.88 Å².